The number of nitrogens with zero attached hydrogens (tertiary/aromatic N) is 1. The zero-order valence-electron chi connectivity index (χ0n) is 17.3. The average molecular weight is 366 g/mol. The highest BCUT2D eigenvalue weighted by atomic mass is 28.4. The largest absolute Gasteiger partial charge is 0.870 e. The van der Waals surface area contributed by atoms with Gasteiger partial charge in [-0.2, -0.15) is 0 Å². The van der Waals surface area contributed by atoms with Gasteiger partial charge in [0.05, 0.1) is 19.6 Å². The van der Waals surface area contributed by atoms with Gasteiger partial charge in [0.2, 0.25) is 0 Å². The summed E-state index contributed by atoms with van der Waals surface area (Å²) in [6, 6.07) is 0. The molecule has 1 atom stereocenters. The highest BCUT2D eigenvalue weighted by Crippen LogP contribution is 2.30. The molecular formula is C18H43NO4Si. The molecule has 0 aliphatic rings. The molecule has 0 spiro atoms. The summed E-state index contributed by atoms with van der Waals surface area (Å²) in [6.45, 7) is 12.7. The van der Waals surface area contributed by atoms with Crippen LogP contribution < -0.4 is 0 Å². The third-order valence-electron chi connectivity index (χ3n) is 5.18. The fraction of sp³-hybridized carbons (Fsp3) is 1.00. The summed E-state index contributed by atoms with van der Waals surface area (Å²) in [5.41, 5.74) is 0.326. The summed E-state index contributed by atoms with van der Waals surface area (Å²) in [5.74, 6) is 0. The molecule has 1 N–H and O–H groups in total. The lowest BCUT2D eigenvalue weighted by Gasteiger charge is -2.49. The predicted molar refractivity (Wildman–Crippen MR) is 102 cm³/mol. The molecule has 0 aromatic carbocycles. The van der Waals surface area contributed by atoms with E-state index in [1.165, 1.54) is 58.2 Å². The van der Waals surface area contributed by atoms with E-state index in [0.29, 0.717) is 5.67 Å². The first-order chi connectivity index (χ1) is 11.1. The summed E-state index contributed by atoms with van der Waals surface area (Å²) in [7, 11) is 2.62. The number of hydrogen-bond acceptors (Lipinski definition) is 4. The van der Waals surface area contributed by atoms with Crippen molar-refractivity contribution in [3.05, 3.63) is 0 Å². The first-order valence-corrected chi connectivity index (χ1v) is 11.4. The molecule has 0 saturated carbocycles. The van der Waals surface area contributed by atoms with Crippen molar-refractivity contribution in [2.45, 2.75) is 78.3 Å². The van der Waals surface area contributed by atoms with Crippen LogP contribution in [-0.4, -0.2) is 65.4 Å². The van der Waals surface area contributed by atoms with E-state index >= 15 is 0 Å². The van der Waals surface area contributed by atoms with E-state index in [-0.39, 0.29) is 5.48 Å². The molecule has 0 aliphatic carbocycles. The zero-order chi connectivity index (χ0) is 17.8. The maximum absolute atomic E-state index is 5.91. The monoisotopic (exact) mass is 365 g/mol. The maximum atomic E-state index is 5.91. The highest BCUT2D eigenvalue weighted by molar-refractivity contribution is 6.62. The fourth-order valence-corrected chi connectivity index (χ4v) is 6.73. The summed E-state index contributed by atoms with van der Waals surface area (Å²) in [6.07, 6.45) is 8.50. The van der Waals surface area contributed by atoms with Crippen LogP contribution >= 0.6 is 0 Å². The Hall–Kier alpha value is 0.0169. The molecule has 0 bridgehead atoms. The SMILES string of the molecule is CCCC[N+](CCCC)(CCCC)C(CC)[Si](OC)(OC)OC.[OH-]. The van der Waals surface area contributed by atoms with Gasteiger partial charge >= 0.3 is 8.80 Å². The number of hydrogen-bond donors (Lipinski definition) is 0. The second-order valence-electron chi connectivity index (χ2n) is 6.59. The second-order valence-corrected chi connectivity index (χ2v) is 9.69. The van der Waals surface area contributed by atoms with Gasteiger partial charge in [0, 0.05) is 27.8 Å². The van der Waals surface area contributed by atoms with Gasteiger partial charge in [0.15, 0.2) is 5.67 Å². The third-order valence-corrected chi connectivity index (χ3v) is 8.66. The van der Waals surface area contributed by atoms with E-state index < -0.39 is 8.80 Å². The van der Waals surface area contributed by atoms with E-state index in [2.05, 4.69) is 27.7 Å². The van der Waals surface area contributed by atoms with Gasteiger partial charge in [0.1, 0.15) is 0 Å². The molecule has 0 saturated heterocycles. The van der Waals surface area contributed by atoms with Crippen LogP contribution in [0.25, 0.3) is 0 Å². The predicted octanol–water partition coefficient (Wildman–Crippen LogP) is 4.22. The summed E-state index contributed by atoms with van der Waals surface area (Å²) < 4.78 is 18.8. The molecule has 0 rings (SSSR count). The lowest BCUT2D eigenvalue weighted by atomic mass is 10.1. The molecule has 5 nitrogen and oxygen atoms in total. The van der Waals surface area contributed by atoms with Crippen molar-refractivity contribution in [2.24, 2.45) is 0 Å². The topological polar surface area (TPSA) is 57.7 Å². The molecule has 0 aromatic rings. The quantitative estimate of drug-likeness (QED) is 0.322. The smallest absolute Gasteiger partial charge is 0.561 e. The van der Waals surface area contributed by atoms with Crippen molar-refractivity contribution in [1.29, 1.82) is 0 Å². The van der Waals surface area contributed by atoms with Crippen molar-refractivity contribution in [2.75, 3.05) is 41.0 Å². The molecule has 24 heavy (non-hydrogen) atoms. The van der Waals surface area contributed by atoms with Crippen LogP contribution in [0.15, 0.2) is 0 Å². The summed E-state index contributed by atoms with van der Waals surface area (Å²) >= 11 is 0. The van der Waals surface area contributed by atoms with Gasteiger partial charge < -0.3 is 23.2 Å². The van der Waals surface area contributed by atoms with E-state index in [1.807, 2.05) is 0 Å². The molecule has 1 unspecified atom stereocenters. The van der Waals surface area contributed by atoms with Crippen LogP contribution in [-0.2, 0) is 13.3 Å². The Morgan fingerprint density at radius 3 is 1.25 bits per heavy atom. The molecule has 0 aromatic heterocycles. The average Bonchev–Trinajstić information content (AvgIpc) is 2.60. The van der Waals surface area contributed by atoms with Gasteiger partial charge in [-0.1, -0.05) is 47.0 Å². The minimum Gasteiger partial charge on any atom is -0.870 e. The minimum atomic E-state index is -2.66. The number of unbranched alkanes of at least 4 members (excludes halogenated alkanes) is 3. The molecule has 148 valence electrons. The van der Waals surface area contributed by atoms with Crippen molar-refractivity contribution in [3.63, 3.8) is 0 Å². The van der Waals surface area contributed by atoms with E-state index in [0.717, 1.165) is 10.9 Å². The fourth-order valence-electron chi connectivity index (χ4n) is 3.85. The summed E-state index contributed by atoms with van der Waals surface area (Å²) in [4.78, 5) is 0. The Morgan fingerprint density at radius 2 is 1.04 bits per heavy atom. The van der Waals surface area contributed by atoms with Gasteiger partial charge in [-0.3, -0.25) is 0 Å². The molecule has 0 radical (unpaired) electrons. The van der Waals surface area contributed by atoms with Crippen LogP contribution in [0, 0.1) is 0 Å². The maximum Gasteiger partial charge on any atom is 0.561 e. The summed E-state index contributed by atoms with van der Waals surface area (Å²) in [5, 5.41) is 0. The zero-order valence-corrected chi connectivity index (χ0v) is 18.3. The van der Waals surface area contributed by atoms with E-state index in [1.54, 1.807) is 21.3 Å². The number of quaternary nitrogens is 1. The normalized spacial score (nSPS) is 13.6. The van der Waals surface area contributed by atoms with E-state index in [4.69, 9.17) is 13.3 Å². The Kier molecular flexibility index (Phi) is 15.5. The van der Waals surface area contributed by atoms with Gasteiger partial charge in [0.25, 0.3) is 0 Å². The van der Waals surface area contributed by atoms with Crippen LogP contribution in [0.1, 0.15) is 72.6 Å². The van der Waals surface area contributed by atoms with Gasteiger partial charge in [-0.05, 0) is 19.3 Å². The van der Waals surface area contributed by atoms with Crippen molar-refractivity contribution < 1.29 is 23.2 Å². The van der Waals surface area contributed by atoms with Crippen molar-refractivity contribution in [3.8, 4) is 0 Å². The molecule has 0 aliphatic heterocycles. The van der Waals surface area contributed by atoms with Gasteiger partial charge in [-0.15, -0.1) is 0 Å². The Bertz CT molecular complexity index is 258. The van der Waals surface area contributed by atoms with Crippen LogP contribution in [0.2, 0.25) is 0 Å². The van der Waals surface area contributed by atoms with Crippen LogP contribution in [0.5, 0.6) is 0 Å². The standard InChI is InChI=1S/C18H42NO3Si.H2O/c1-8-12-15-19(16-13-9-2,17-14-10-3)18(11-4)23(20-5,21-6)22-7;/h18H,8-17H2,1-7H3;1H2/q+1;/p-1. The first kappa shape index (κ1) is 26.2. The second kappa shape index (κ2) is 14.2. The lowest BCUT2D eigenvalue weighted by Crippen LogP contribution is -2.70. The Labute approximate surface area is 151 Å². The Morgan fingerprint density at radius 1 is 0.708 bits per heavy atom. The van der Waals surface area contributed by atoms with Crippen molar-refractivity contribution in [1.82, 2.24) is 0 Å². The van der Waals surface area contributed by atoms with Gasteiger partial charge in [-0.25, -0.2) is 0 Å². The van der Waals surface area contributed by atoms with Crippen LogP contribution in [0.4, 0.5) is 0 Å². The highest BCUT2D eigenvalue weighted by Gasteiger charge is 2.57. The molecule has 6 heteroatoms. The van der Waals surface area contributed by atoms with E-state index in [9.17, 15) is 0 Å². The van der Waals surface area contributed by atoms with Crippen molar-refractivity contribution >= 4 is 8.80 Å². The molecule has 0 heterocycles. The van der Waals surface area contributed by atoms with Crippen LogP contribution in [0.3, 0.4) is 0 Å². The third kappa shape index (κ3) is 6.73. The molecule has 0 amide bonds. The number of rotatable bonds is 15. The first-order valence-electron chi connectivity index (χ1n) is 9.57. The Balaban J connectivity index is 0. The molecular weight excluding hydrogens is 322 g/mol. The minimum absolute atomic E-state index is 0. The molecule has 0 fully saturated rings. The lowest BCUT2D eigenvalue weighted by molar-refractivity contribution is -0.943.